The minimum absolute atomic E-state index is 0.239. The molecule has 1 aromatic heterocycles. The fraction of sp³-hybridized carbons (Fsp3) is 0.300. The summed E-state index contributed by atoms with van der Waals surface area (Å²) in [5, 5.41) is 2.93. The summed E-state index contributed by atoms with van der Waals surface area (Å²) in [5.74, 6) is 1.37. The molecule has 0 saturated heterocycles. The summed E-state index contributed by atoms with van der Waals surface area (Å²) in [6.07, 6.45) is 3.68. The highest BCUT2D eigenvalue weighted by Gasteiger charge is 2.30. The summed E-state index contributed by atoms with van der Waals surface area (Å²) < 4.78 is 0. The van der Waals surface area contributed by atoms with E-state index in [1.165, 1.54) is 19.3 Å². The molecule has 0 aliphatic heterocycles. The van der Waals surface area contributed by atoms with E-state index in [1.54, 1.807) is 6.92 Å². The fourth-order valence-corrected chi connectivity index (χ4v) is 3.16. The molecular formula is C20H22N4O. The lowest BCUT2D eigenvalue weighted by Crippen LogP contribution is -2.45. The number of aromatic nitrogens is 2. The monoisotopic (exact) mass is 334 g/mol. The summed E-state index contributed by atoms with van der Waals surface area (Å²) in [6, 6.07) is 15.1. The minimum Gasteiger partial charge on any atom is -0.342 e. The Morgan fingerprint density at radius 1 is 1.24 bits per heavy atom. The third kappa shape index (κ3) is 2.91. The van der Waals surface area contributed by atoms with Gasteiger partial charge in [0.25, 0.3) is 0 Å². The van der Waals surface area contributed by atoms with Crippen LogP contribution in [-0.4, -0.2) is 15.9 Å². The van der Waals surface area contributed by atoms with Gasteiger partial charge in [0.15, 0.2) is 0 Å². The molecule has 5 heteroatoms. The Balaban J connectivity index is 1.56. The Labute approximate surface area is 146 Å². The van der Waals surface area contributed by atoms with Crippen LogP contribution in [0.2, 0.25) is 0 Å². The maximum absolute atomic E-state index is 12.7. The molecule has 1 aliphatic rings. The smallest absolute Gasteiger partial charge is 0.248 e. The Morgan fingerprint density at radius 2 is 2.00 bits per heavy atom. The predicted molar refractivity (Wildman–Crippen MR) is 99.3 cm³/mol. The molecule has 4 N–H and O–H groups in total. The van der Waals surface area contributed by atoms with Crippen LogP contribution in [-0.2, 0) is 10.3 Å². The minimum atomic E-state index is -1.10. The first-order valence-electron chi connectivity index (χ1n) is 8.69. The van der Waals surface area contributed by atoms with E-state index >= 15 is 0 Å². The standard InChI is InChI=1S/C20H22N4O/c1-20(21,14-8-3-2-4-9-14)19(25)22-15-10-11-16-17(12-15)24-18(23-16)13-6-5-7-13/h2-4,8-13H,5-7,21H2,1H3,(H,22,25)(H,23,24). The lowest BCUT2D eigenvalue weighted by atomic mass is 9.85. The Bertz CT molecular complexity index is 910. The molecule has 4 rings (SSSR count). The number of carbonyl (C=O) groups is 1. The number of benzene rings is 2. The number of nitrogens with zero attached hydrogens (tertiary/aromatic N) is 1. The summed E-state index contributed by atoms with van der Waals surface area (Å²) >= 11 is 0. The van der Waals surface area contributed by atoms with Crippen molar-refractivity contribution in [3.63, 3.8) is 0 Å². The first kappa shape index (κ1) is 15.8. The van der Waals surface area contributed by atoms with Crippen molar-refractivity contribution in [1.29, 1.82) is 0 Å². The summed E-state index contributed by atoms with van der Waals surface area (Å²) in [4.78, 5) is 20.7. The van der Waals surface area contributed by atoms with Crippen molar-refractivity contribution < 1.29 is 4.79 Å². The molecule has 2 aromatic carbocycles. The number of hydrogen-bond donors (Lipinski definition) is 3. The van der Waals surface area contributed by atoms with Gasteiger partial charge in [-0.1, -0.05) is 36.8 Å². The molecule has 25 heavy (non-hydrogen) atoms. The molecule has 3 aromatic rings. The van der Waals surface area contributed by atoms with Gasteiger partial charge >= 0.3 is 0 Å². The average molecular weight is 334 g/mol. The van der Waals surface area contributed by atoms with Gasteiger partial charge in [0.1, 0.15) is 11.4 Å². The molecule has 1 atom stereocenters. The zero-order valence-corrected chi connectivity index (χ0v) is 14.3. The van der Waals surface area contributed by atoms with Gasteiger partial charge in [0.05, 0.1) is 11.0 Å². The van der Waals surface area contributed by atoms with Gasteiger partial charge in [-0.15, -0.1) is 0 Å². The Morgan fingerprint density at radius 3 is 2.68 bits per heavy atom. The summed E-state index contributed by atoms with van der Waals surface area (Å²) in [5.41, 5.74) is 8.55. The van der Waals surface area contributed by atoms with Crippen LogP contribution in [0.4, 0.5) is 5.69 Å². The second-order valence-electron chi connectivity index (χ2n) is 7.00. The third-order valence-electron chi connectivity index (χ3n) is 5.10. The zero-order valence-electron chi connectivity index (χ0n) is 14.3. The molecule has 1 saturated carbocycles. The van der Waals surface area contributed by atoms with Gasteiger partial charge in [-0.05, 0) is 43.5 Å². The number of rotatable bonds is 4. The third-order valence-corrected chi connectivity index (χ3v) is 5.10. The van der Waals surface area contributed by atoms with Gasteiger partial charge in [-0.25, -0.2) is 4.98 Å². The number of carbonyl (C=O) groups excluding carboxylic acids is 1. The molecule has 1 aliphatic carbocycles. The topological polar surface area (TPSA) is 83.8 Å². The normalized spacial score (nSPS) is 17.0. The molecule has 0 bridgehead atoms. The van der Waals surface area contributed by atoms with E-state index in [9.17, 15) is 4.79 Å². The quantitative estimate of drug-likeness (QED) is 0.681. The van der Waals surface area contributed by atoms with Crippen molar-refractivity contribution in [3.05, 3.63) is 59.9 Å². The molecule has 0 radical (unpaired) electrons. The molecule has 128 valence electrons. The Kier molecular flexibility index (Phi) is 3.81. The van der Waals surface area contributed by atoms with Crippen molar-refractivity contribution in [2.24, 2.45) is 5.73 Å². The van der Waals surface area contributed by atoms with Crippen LogP contribution >= 0.6 is 0 Å². The average Bonchev–Trinajstić information content (AvgIpc) is 2.96. The van der Waals surface area contributed by atoms with Crippen molar-refractivity contribution in [1.82, 2.24) is 9.97 Å². The van der Waals surface area contributed by atoms with Gasteiger partial charge in [-0.2, -0.15) is 0 Å². The molecule has 5 nitrogen and oxygen atoms in total. The summed E-state index contributed by atoms with van der Waals surface area (Å²) in [7, 11) is 0. The second-order valence-corrected chi connectivity index (χ2v) is 7.00. The van der Waals surface area contributed by atoms with Crippen LogP contribution in [0.25, 0.3) is 11.0 Å². The Hall–Kier alpha value is -2.66. The van der Waals surface area contributed by atoms with Crippen molar-refractivity contribution in [2.45, 2.75) is 37.6 Å². The number of amides is 1. The van der Waals surface area contributed by atoms with E-state index in [2.05, 4.69) is 15.3 Å². The molecular weight excluding hydrogens is 312 g/mol. The molecule has 1 fully saturated rings. The van der Waals surface area contributed by atoms with E-state index in [0.29, 0.717) is 11.6 Å². The van der Waals surface area contributed by atoms with Crippen LogP contribution in [0, 0.1) is 0 Å². The van der Waals surface area contributed by atoms with Crippen molar-refractivity contribution in [3.8, 4) is 0 Å². The van der Waals surface area contributed by atoms with E-state index < -0.39 is 5.54 Å². The zero-order chi connectivity index (χ0) is 17.4. The number of fused-ring (bicyclic) bond motifs is 1. The SMILES string of the molecule is CC(N)(C(=O)Nc1ccc2nc(C3CCC3)[nH]c2c1)c1ccccc1. The fourth-order valence-electron chi connectivity index (χ4n) is 3.16. The van der Waals surface area contributed by atoms with Gasteiger partial charge in [-0.3, -0.25) is 4.79 Å². The molecule has 1 unspecified atom stereocenters. The predicted octanol–water partition coefficient (Wildman–Crippen LogP) is 3.64. The van der Waals surface area contributed by atoms with Gasteiger partial charge < -0.3 is 16.0 Å². The van der Waals surface area contributed by atoms with Crippen molar-refractivity contribution in [2.75, 3.05) is 5.32 Å². The maximum Gasteiger partial charge on any atom is 0.248 e. The molecule has 1 amide bonds. The molecule has 0 spiro atoms. The van der Waals surface area contributed by atoms with E-state index in [1.807, 2.05) is 48.5 Å². The lowest BCUT2D eigenvalue weighted by molar-refractivity contribution is -0.120. The maximum atomic E-state index is 12.7. The molecule has 1 heterocycles. The largest absolute Gasteiger partial charge is 0.342 e. The number of imidazole rings is 1. The van der Waals surface area contributed by atoms with Crippen LogP contribution in [0.3, 0.4) is 0 Å². The van der Waals surface area contributed by atoms with E-state index in [0.717, 1.165) is 22.4 Å². The first-order chi connectivity index (χ1) is 12.0. The highest BCUT2D eigenvalue weighted by Crippen LogP contribution is 2.35. The highest BCUT2D eigenvalue weighted by atomic mass is 16.2. The van der Waals surface area contributed by atoms with Crippen LogP contribution < -0.4 is 11.1 Å². The first-order valence-corrected chi connectivity index (χ1v) is 8.69. The summed E-state index contributed by atoms with van der Waals surface area (Å²) in [6.45, 7) is 1.72. The number of H-pyrrole nitrogens is 1. The lowest BCUT2D eigenvalue weighted by Gasteiger charge is -2.24. The van der Waals surface area contributed by atoms with E-state index in [4.69, 9.17) is 5.73 Å². The van der Waals surface area contributed by atoms with Gasteiger partial charge in [0.2, 0.25) is 5.91 Å². The van der Waals surface area contributed by atoms with Gasteiger partial charge in [0, 0.05) is 11.6 Å². The van der Waals surface area contributed by atoms with Crippen LogP contribution in [0.1, 0.15) is 43.5 Å². The number of anilines is 1. The van der Waals surface area contributed by atoms with Crippen LogP contribution in [0.15, 0.2) is 48.5 Å². The number of aromatic amines is 1. The van der Waals surface area contributed by atoms with Crippen LogP contribution in [0.5, 0.6) is 0 Å². The van der Waals surface area contributed by atoms with E-state index in [-0.39, 0.29) is 5.91 Å². The number of hydrogen-bond acceptors (Lipinski definition) is 3. The number of nitrogens with two attached hydrogens (primary N) is 1. The number of nitrogens with one attached hydrogen (secondary N) is 2. The highest BCUT2D eigenvalue weighted by molar-refractivity contribution is 5.99. The van der Waals surface area contributed by atoms with Crippen molar-refractivity contribution >= 4 is 22.6 Å². The second kappa shape index (κ2) is 6.01.